The molecule has 1 unspecified atom stereocenters. The van der Waals surface area contributed by atoms with E-state index >= 15 is 0 Å². The van der Waals surface area contributed by atoms with Crippen molar-refractivity contribution in [2.45, 2.75) is 32.8 Å². The molecule has 0 aromatic heterocycles. The Morgan fingerprint density at radius 3 is 2.23 bits per heavy atom. The van der Waals surface area contributed by atoms with Gasteiger partial charge < -0.3 is 19.5 Å². The summed E-state index contributed by atoms with van der Waals surface area (Å²) in [6.45, 7) is 6.68. The lowest BCUT2D eigenvalue weighted by molar-refractivity contribution is -0.127. The van der Waals surface area contributed by atoms with Gasteiger partial charge in [-0.25, -0.2) is 0 Å². The summed E-state index contributed by atoms with van der Waals surface area (Å²) in [6, 6.07) is 15.2. The number of hydrogen-bond acceptors (Lipinski definition) is 4. The third kappa shape index (κ3) is 5.41. The summed E-state index contributed by atoms with van der Waals surface area (Å²) in [5.41, 5.74) is 1.09. The van der Waals surface area contributed by atoms with E-state index in [0.29, 0.717) is 30.6 Å². The van der Waals surface area contributed by atoms with Crippen molar-refractivity contribution >= 4 is 5.91 Å². The van der Waals surface area contributed by atoms with Gasteiger partial charge in [0.05, 0.1) is 13.7 Å². The first-order valence-corrected chi connectivity index (χ1v) is 8.82. The fourth-order valence-electron chi connectivity index (χ4n) is 2.53. The fourth-order valence-corrected chi connectivity index (χ4v) is 2.53. The zero-order valence-corrected chi connectivity index (χ0v) is 15.8. The summed E-state index contributed by atoms with van der Waals surface area (Å²) >= 11 is 0. The Morgan fingerprint density at radius 2 is 1.58 bits per heavy atom. The van der Waals surface area contributed by atoms with Gasteiger partial charge in [-0.1, -0.05) is 44.2 Å². The Kier molecular flexibility index (Phi) is 7.33. The summed E-state index contributed by atoms with van der Waals surface area (Å²) in [4.78, 5) is 12.2. The standard InChI is InChI=1S/C21H27NO4/c1-15(2)17-9-5-6-10-18(17)26-16(3)21(23)22-13-14-25-20-12-8-7-11-19(20)24-4/h5-12,15-16H,13-14H2,1-4H3,(H,22,23). The molecule has 1 atom stereocenters. The lowest BCUT2D eigenvalue weighted by atomic mass is 10.0. The van der Waals surface area contributed by atoms with Crippen LogP contribution in [0.25, 0.3) is 0 Å². The van der Waals surface area contributed by atoms with Gasteiger partial charge in [-0.05, 0) is 36.6 Å². The number of carbonyl (C=O) groups excluding carboxylic acids is 1. The maximum absolute atomic E-state index is 12.2. The summed E-state index contributed by atoms with van der Waals surface area (Å²) in [5.74, 6) is 2.22. The van der Waals surface area contributed by atoms with Crippen LogP contribution in [0, 0.1) is 0 Å². The molecule has 0 saturated heterocycles. The van der Waals surface area contributed by atoms with Gasteiger partial charge in [0.15, 0.2) is 17.6 Å². The van der Waals surface area contributed by atoms with Crippen molar-refractivity contribution in [2.24, 2.45) is 0 Å². The molecule has 0 spiro atoms. The van der Waals surface area contributed by atoms with Crippen molar-refractivity contribution in [1.82, 2.24) is 5.32 Å². The third-order valence-corrected chi connectivity index (χ3v) is 3.94. The molecule has 0 heterocycles. The minimum atomic E-state index is -0.582. The van der Waals surface area contributed by atoms with Gasteiger partial charge >= 0.3 is 0 Å². The highest BCUT2D eigenvalue weighted by atomic mass is 16.5. The van der Waals surface area contributed by atoms with E-state index < -0.39 is 6.10 Å². The third-order valence-electron chi connectivity index (χ3n) is 3.94. The number of amides is 1. The van der Waals surface area contributed by atoms with Crippen molar-refractivity contribution in [3.63, 3.8) is 0 Å². The van der Waals surface area contributed by atoms with Crippen molar-refractivity contribution in [2.75, 3.05) is 20.3 Å². The van der Waals surface area contributed by atoms with Crippen LogP contribution in [-0.4, -0.2) is 32.3 Å². The van der Waals surface area contributed by atoms with Crippen LogP contribution in [0.3, 0.4) is 0 Å². The van der Waals surface area contributed by atoms with Crippen LogP contribution in [-0.2, 0) is 4.79 Å². The van der Waals surface area contributed by atoms with Gasteiger partial charge in [-0.15, -0.1) is 0 Å². The van der Waals surface area contributed by atoms with Gasteiger partial charge in [0, 0.05) is 0 Å². The van der Waals surface area contributed by atoms with Crippen LogP contribution >= 0.6 is 0 Å². The topological polar surface area (TPSA) is 56.8 Å². The average Bonchev–Trinajstić information content (AvgIpc) is 2.65. The predicted molar refractivity (Wildman–Crippen MR) is 102 cm³/mol. The fraction of sp³-hybridized carbons (Fsp3) is 0.381. The van der Waals surface area contributed by atoms with E-state index in [1.807, 2.05) is 48.5 Å². The number of benzene rings is 2. The van der Waals surface area contributed by atoms with E-state index in [2.05, 4.69) is 19.2 Å². The molecule has 0 radical (unpaired) electrons. The van der Waals surface area contributed by atoms with E-state index in [-0.39, 0.29) is 5.91 Å². The molecule has 2 aromatic carbocycles. The van der Waals surface area contributed by atoms with E-state index in [4.69, 9.17) is 14.2 Å². The van der Waals surface area contributed by atoms with Gasteiger partial charge in [-0.3, -0.25) is 4.79 Å². The molecule has 2 aromatic rings. The average molecular weight is 357 g/mol. The molecule has 5 nitrogen and oxygen atoms in total. The molecular formula is C21H27NO4. The van der Waals surface area contributed by atoms with Crippen LogP contribution in [0.1, 0.15) is 32.3 Å². The molecule has 1 amide bonds. The van der Waals surface area contributed by atoms with Crippen molar-refractivity contribution in [3.8, 4) is 17.2 Å². The van der Waals surface area contributed by atoms with Crippen molar-refractivity contribution < 1.29 is 19.0 Å². The predicted octanol–water partition coefficient (Wildman–Crippen LogP) is 3.78. The second-order valence-corrected chi connectivity index (χ2v) is 6.24. The summed E-state index contributed by atoms with van der Waals surface area (Å²) < 4.78 is 16.7. The van der Waals surface area contributed by atoms with Crippen LogP contribution in [0.5, 0.6) is 17.2 Å². The second kappa shape index (κ2) is 9.70. The molecule has 2 rings (SSSR count). The molecule has 140 valence electrons. The molecule has 0 aliphatic heterocycles. The highest BCUT2D eigenvalue weighted by Gasteiger charge is 2.16. The van der Waals surface area contributed by atoms with E-state index in [1.165, 1.54) is 0 Å². The molecule has 5 heteroatoms. The zero-order chi connectivity index (χ0) is 18.9. The van der Waals surface area contributed by atoms with E-state index in [9.17, 15) is 4.79 Å². The largest absolute Gasteiger partial charge is 0.493 e. The molecule has 26 heavy (non-hydrogen) atoms. The Morgan fingerprint density at radius 1 is 0.962 bits per heavy atom. The number of nitrogens with one attached hydrogen (secondary N) is 1. The molecule has 0 saturated carbocycles. The smallest absolute Gasteiger partial charge is 0.260 e. The molecule has 0 aliphatic carbocycles. The monoisotopic (exact) mass is 357 g/mol. The first-order valence-electron chi connectivity index (χ1n) is 8.82. The first kappa shape index (κ1) is 19.6. The highest BCUT2D eigenvalue weighted by Crippen LogP contribution is 2.27. The highest BCUT2D eigenvalue weighted by molar-refractivity contribution is 5.80. The van der Waals surface area contributed by atoms with Crippen LogP contribution in [0.15, 0.2) is 48.5 Å². The lowest BCUT2D eigenvalue weighted by Gasteiger charge is -2.18. The normalized spacial score (nSPS) is 11.7. The second-order valence-electron chi connectivity index (χ2n) is 6.24. The summed E-state index contributed by atoms with van der Waals surface area (Å²) in [6.07, 6.45) is -0.582. The SMILES string of the molecule is COc1ccccc1OCCNC(=O)C(C)Oc1ccccc1C(C)C. The van der Waals surface area contributed by atoms with Crippen LogP contribution in [0.4, 0.5) is 0 Å². The Balaban J connectivity index is 1.81. The number of ether oxygens (including phenoxy) is 3. The molecule has 0 bridgehead atoms. The maximum atomic E-state index is 12.2. The van der Waals surface area contributed by atoms with Gasteiger partial charge in [-0.2, -0.15) is 0 Å². The summed E-state index contributed by atoms with van der Waals surface area (Å²) in [5, 5.41) is 2.83. The van der Waals surface area contributed by atoms with E-state index in [0.717, 1.165) is 11.3 Å². The zero-order valence-electron chi connectivity index (χ0n) is 15.8. The first-order chi connectivity index (χ1) is 12.5. The van der Waals surface area contributed by atoms with Crippen molar-refractivity contribution in [1.29, 1.82) is 0 Å². The summed E-state index contributed by atoms with van der Waals surface area (Å²) in [7, 11) is 1.60. The number of para-hydroxylation sites is 3. The minimum Gasteiger partial charge on any atom is -0.493 e. The van der Waals surface area contributed by atoms with Crippen molar-refractivity contribution in [3.05, 3.63) is 54.1 Å². The number of methoxy groups -OCH3 is 1. The molecular weight excluding hydrogens is 330 g/mol. The number of carbonyl (C=O) groups is 1. The minimum absolute atomic E-state index is 0.174. The van der Waals surface area contributed by atoms with Crippen LogP contribution < -0.4 is 19.5 Å². The van der Waals surface area contributed by atoms with Crippen LogP contribution in [0.2, 0.25) is 0 Å². The number of hydrogen-bond donors (Lipinski definition) is 1. The number of rotatable bonds is 9. The van der Waals surface area contributed by atoms with Gasteiger partial charge in [0.1, 0.15) is 12.4 Å². The quantitative estimate of drug-likeness (QED) is 0.694. The van der Waals surface area contributed by atoms with E-state index in [1.54, 1.807) is 14.0 Å². The molecule has 0 fully saturated rings. The van der Waals surface area contributed by atoms with Gasteiger partial charge in [0.25, 0.3) is 5.91 Å². The Hall–Kier alpha value is -2.69. The lowest BCUT2D eigenvalue weighted by Crippen LogP contribution is -2.38. The molecule has 0 aliphatic rings. The maximum Gasteiger partial charge on any atom is 0.260 e. The Bertz CT molecular complexity index is 715. The Labute approximate surface area is 155 Å². The van der Waals surface area contributed by atoms with Gasteiger partial charge in [0.2, 0.25) is 0 Å². The molecule has 1 N–H and O–H groups in total.